The van der Waals surface area contributed by atoms with Gasteiger partial charge < -0.3 is 20.1 Å². The number of carbonyl (C=O) groups is 2. The summed E-state index contributed by atoms with van der Waals surface area (Å²) in [6, 6.07) is 0. The highest BCUT2D eigenvalue weighted by Gasteiger charge is 2.21. The molecular formula is C23H40O6. The van der Waals surface area contributed by atoms with E-state index in [0.29, 0.717) is 6.42 Å². The number of unbranched alkanes of at least 4 members (excludes halogenated alkanes) is 9. The van der Waals surface area contributed by atoms with E-state index in [9.17, 15) is 14.7 Å². The van der Waals surface area contributed by atoms with Crippen LogP contribution in [0.25, 0.3) is 0 Å². The van der Waals surface area contributed by atoms with Gasteiger partial charge in [-0.1, -0.05) is 57.6 Å². The van der Waals surface area contributed by atoms with Crippen molar-refractivity contribution in [3.63, 3.8) is 0 Å². The molecule has 0 spiro atoms. The fourth-order valence-electron chi connectivity index (χ4n) is 2.84. The number of rotatable bonds is 18. The Morgan fingerprint density at radius 3 is 2.03 bits per heavy atom. The number of hydrogen-bond donors (Lipinski definition) is 3. The molecule has 0 aromatic rings. The van der Waals surface area contributed by atoms with Crippen molar-refractivity contribution in [1.29, 1.82) is 0 Å². The molecule has 0 aromatic heterocycles. The van der Waals surface area contributed by atoms with E-state index in [2.05, 4.69) is 19.1 Å². The molecule has 0 rings (SSSR count). The minimum atomic E-state index is -1.34. The molecule has 0 bridgehead atoms. The molecule has 0 fully saturated rings. The predicted octanol–water partition coefficient (Wildman–Crippen LogP) is 4.54. The number of ether oxygens (including phenoxy) is 1. The van der Waals surface area contributed by atoms with Crippen LogP contribution in [0.2, 0.25) is 0 Å². The average Bonchev–Trinajstić information content (AvgIpc) is 2.70. The molecule has 0 aromatic carbocycles. The molecule has 0 amide bonds. The quantitative estimate of drug-likeness (QED) is 0.132. The molecule has 6 heteroatoms. The molecule has 0 radical (unpaired) electrons. The zero-order valence-corrected chi connectivity index (χ0v) is 18.1. The lowest BCUT2D eigenvalue weighted by molar-refractivity contribution is -0.153. The van der Waals surface area contributed by atoms with E-state index >= 15 is 0 Å². The SMILES string of the molecule is CCCCCC/C=C\CCCCCCCC(=O)OC(C=C(C)C(=O)O)C(O)CO. The lowest BCUT2D eigenvalue weighted by Crippen LogP contribution is -2.33. The number of aliphatic hydroxyl groups excluding tert-OH is 2. The third-order valence-electron chi connectivity index (χ3n) is 4.73. The Bertz CT molecular complexity index is 498. The second-order valence-corrected chi connectivity index (χ2v) is 7.49. The molecule has 0 aliphatic heterocycles. The van der Waals surface area contributed by atoms with Gasteiger partial charge in [0.25, 0.3) is 0 Å². The third kappa shape index (κ3) is 15.9. The molecule has 3 N–H and O–H groups in total. The zero-order valence-electron chi connectivity index (χ0n) is 18.1. The first-order chi connectivity index (χ1) is 13.9. The lowest BCUT2D eigenvalue weighted by atomic mass is 10.1. The minimum absolute atomic E-state index is 0.0506. The summed E-state index contributed by atoms with van der Waals surface area (Å²) < 4.78 is 5.13. The van der Waals surface area contributed by atoms with Crippen LogP contribution in [-0.4, -0.2) is 46.1 Å². The predicted molar refractivity (Wildman–Crippen MR) is 115 cm³/mol. The van der Waals surface area contributed by atoms with E-state index < -0.39 is 30.8 Å². The summed E-state index contributed by atoms with van der Waals surface area (Å²) in [4.78, 5) is 22.8. The summed E-state index contributed by atoms with van der Waals surface area (Å²) in [6.45, 7) is 2.95. The molecule has 6 nitrogen and oxygen atoms in total. The van der Waals surface area contributed by atoms with Crippen molar-refractivity contribution in [2.75, 3.05) is 6.61 Å². The number of carbonyl (C=O) groups excluding carboxylic acids is 1. The summed E-state index contributed by atoms with van der Waals surface area (Å²) in [5, 5.41) is 27.7. The highest BCUT2D eigenvalue weighted by molar-refractivity contribution is 5.86. The highest BCUT2D eigenvalue weighted by atomic mass is 16.6. The molecule has 0 saturated heterocycles. The van der Waals surface area contributed by atoms with E-state index in [1.807, 2.05) is 0 Å². The van der Waals surface area contributed by atoms with Crippen molar-refractivity contribution in [2.45, 2.75) is 103 Å². The largest absolute Gasteiger partial charge is 0.478 e. The van der Waals surface area contributed by atoms with Crippen molar-refractivity contribution >= 4 is 11.9 Å². The normalized spacial score (nSPS) is 14.1. The summed E-state index contributed by atoms with van der Waals surface area (Å²) in [6.07, 6.45) is 15.8. The maximum Gasteiger partial charge on any atom is 0.331 e. The van der Waals surface area contributed by atoms with Crippen LogP contribution in [0, 0.1) is 0 Å². The minimum Gasteiger partial charge on any atom is -0.478 e. The van der Waals surface area contributed by atoms with Crippen molar-refractivity contribution in [2.24, 2.45) is 0 Å². The second kappa shape index (κ2) is 18.4. The fraction of sp³-hybridized carbons (Fsp3) is 0.739. The number of hydrogen-bond acceptors (Lipinski definition) is 5. The van der Waals surface area contributed by atoms with Crippen LogP contribution in [0.15, 0.2) is 23.8 Å². The van der Waals surface area contributed by atoms with E-state index in [1.165, 1.54) is 39.0 Å². The van der Waals surface area contributed by atoms with E-state index in [-0.39, 0.29) is 12.0 Å². The number of allylic oxidation sites excluding steroid dienone is 2. The van der Waals surface area contributed by atoms with Gasteiger partial charge in [0.1, 0.15) is 12.2 Å². The molecule has 0 aliphatic carbocycles. The summed E-state index contributed by atoms with van der Waals surface area (Å²) in [5.74, 6) is -1.66. The van der Waals surface area contributed by atoms with Crippen LogP contribution >= 0.6 is 0 Å². The van der Waals surface area contributed by atoms with Crippen LogP contribution in [0.4, 0.5) is 0 Å². The van der Waals surface area contributed by atoms with Gasteiger partial charge in [0.15, 0.2) is 0 Å². The smallest absolute Gasteiger partial charge is 0.331 e. The molecule has 2 atom stereocenters. The standard InChI is InChI=1S/C23H40O6/c1-3-4-5-6-7-8-9-10-11-12-13-14-15-16-22(26)29-21(20(25)18-24)17-19(2)23(27)28/h8-9,17,20-21,24-25H,3-7,10-16,18H2,1-2H3,(H,27,28)/b9-8-,19-17?. The van der Waals surface area contributed by atoms with Crippen LogP contribution in [0.3, 0.4) is 0 Å². The highest BCUT2D eigenvalue weighted by Crippen LogP contribution is 2.12. The van der Waals surface area contributed by atoms with Gasteiger partial charge in [0.2, 0.25) is 0 Å². The zero-order chi connectivity index (χ0) is 21.9. The maximum atomic E-state index is 11.9. The van der Waals surface area contributed by atoms with Gasteiger partial charge in [-0.25, -0.2) is 4.79 Å². The van der Waals surface area contributed by atoms with Crippen LogP contribution in [0.5, 0.6) is 0 Å². The van der Waals surface area contributed by atoms with Crippen molar-refractivity contribution in [3.8, 4) is 0 Å². The Morgan fingerprint density at radius 1 is 0.931 bits per heavy atom. The van der Waals surface area contributed by atoms with E-state index in [0.717, 1.165) is 38.2 Å². The molecule has 0 saturated carbocycles. The first kappa shape index (κ1) is 27.3. The Kier molecular flexibility index (Phi) is 17.3. The molecule has 0 aliphatic rings. The van der Waals surface area contributed by atoms with Gasteiger partial charge in [-0.2, -0.15) is 0 Å². The summed E-state index contributed by atoms with van der Waals surface area (Å²) in [7, 11) is 0. The average molecular weight is 413 g/mol. The Morgan fingerprint density at radius 2 is 1.48 bits per heavy atom. The molecule has 2 unspecified atom stereocenters. The maximum absolute atomic E-state index is 11.9. The van der Waals surface area contributed by atoms with Gasteiger partial charge >= 0.3 is 11.9 Å². The van der Waals surface area contributed by atoms with Crippen LogP contribution < -0.4 is 0 Å². The number of aliphatic hydroxyl groups is 2. The molecule has 168 valence electrons. The third-order valence-corrected chi connectivity index (χ3v) is 4.73. The van der Waals surface area contributed by atoms with Crippen molar-refractivity contribution in [1.82, 2.24) is 0 Å². The Labute approximate surface area is 175 Å². The summed E-state index contributed by atoms with van der Waals surface area (Å²) >= 11 is 0. The number of carboxylic acid groups (broad SMARTS) is 1. The van der Waals surface area contributed by atoms with Gasteiger partial charge in [0, 0.05) is 12.0 Å². The molecule has 0 heterocycles. The van der Waals surface area contributed by atoms with Crippen molar-refractivity contribution in [3.05, 3.63) is 23.8 Å². The van der Waals surface area contributed by atoms with Gasteiger partial charge in [-0.15, -0.1) is 0 Å². The van der Waals surface area contributed by atoms with Gasteiger partial charge in [-0.3, -0.25) is 4.79 Å². The van der Waals surface area contributed by atoms with Crippen LogP contribution in [-0.2, 0) is 14.3 Å². The van der Waals surface area contributed by atoms with Crippen molar-refractivity contribution < 1.29 is 29.6 Å². The second-order valence-electron chi connectivity index (χ2n) is 7.49. The van der Waals surface area contributed by atoms with Gasteiger partial charge in [0.05, 0.1) is 6.61 Å². The molecular weight excluding hydrogens is 372 g/mol. The fourth-order valence-corrected chi connectivity index (χ4v) is 2.84. The first-order valence-corrected chi connectivity index (χ1v) is 11.0. The summed E-state index contributed by atoms with van der Waals surface area (Å²) in [5.41, 5.74) is -0.0506. The Hall–Kier alpha value is -1.66. The lowest BCUT2D eigenvalue weighted by Gasteiger charge is -2.19. The number of aliphatic carboxylic acids is 1. The van der Waals surface area contributed by atoms with Crippen LogP contribution in [0.1, 0.15) is 90.9 Å². The first-order valence-electron chi connectivity index (χ1n) is 11.0. The monoisotopic (exact) mass is 412 g/mol. The van der Waals surface area contributed by atoms with Gasteiger partial charge in [-0.05, 0) is 45.1 Å². The Balaban J connectivity index is 3.88. The number of carboxylic acids is 1. The topological polar surface area (TPSA) is 104 Å². The van der Waals surface area contributed by atoms with E-state index in [4.69, 9.17) is 14.9 Å². The molecule has 29 heavy (non-hydrogen) atoms. The van der Waals surface area contributed by atoms with E-state index in [1.54, 1.807) is 0 Å². The number of esters is 1.